The van der Waals surface area contributed by atoms with Crippen LogP contribution in [0.4, 0.5) is 5.95 Å². The molecule has 0 unspecified atom stereocenters. The van der Waals surface area contributed by atoms with E-state index in [2.05, 4.69) is 15.3 Å². The third-order valence-electron chi connectivity index (χ3n) is 4.21. The second kappa shape index (κ2) is 8.62. The predicted octanol–water partition coefficient (Wildman–Crippen LogP) is 1.14. The lowest BCUT2D eigenvalue weighted by Gasteiger charge is -2.34. The zero-order valence-corrected chi connectivity index (χ0v) is 15.0. The van der Waals surface area contributed by atoms with Crippen molar-refractivity contribution in [3.63, 3.8) is 0 Å². The summed E-state index contributed by atoms with van der Waals surface area (Å²) in [6.45, 7) is 2.56. The minimum Gasteiger partial charge on any atom is -0.347 e. The fourth-order valence-corrected chi connectivity index (χ4v) is 2.88. The molecule has 1 aromatic heterocycles. The normalized spacial score (nSPS) is 14.2. The van der Waals surface area contributed by atoms with Crippen molar-refractivity contribution in [2.75, 3.05) is 37.6 Å². The number of halogens is 1. The number of nitrogens with zero attached hydrogens (tertiary/aromatic N) is 4. The summed E-state index contributed by atoms with van der Waals surface area (Å²) in [7, 11) is 0. The molecule has 2 aromatic rings. The highest BCUT2D eigenvalue weighted by atomic mass is 35.5. The van der Waals surface area contributed by atoms with Crippen LogP contribution >= 0.6 is 11.6 Å². The summed E-state index contributed by atoms with van der Waals surface area (Å²) in [5, 5.41) is 3.36. The summed E-state index contributed by atoms with van der Waals surface area (Å²) in [6.07, 6.45) is 4.03. The Kier molecular flexibility index (Phi) is 6.01. The number of hydrogen-bond donors (Lipinski definition) is 1. The molecular weight excluding hydrogens is 354 g/mol. The van der Waals surface area contributed by atoms with Gasteiger partial charge in [-0.15, -0.1) is 0 Å². The lowest BCUT2D eigenvalue weighted by atomic mass is 10.1. The Hall–Kier alpha value is -2.67. The van der Waals surface area contributed by atoms with Gasteiger partial charge in [-0.1, -0.05) is 23.7 Å². The first-order valence-electron chi connectivity index (χ1n) is 8.47. The van der Waals surface area contributed by atoms with Gasteiger partial charge in [-0.05, 0) is 30.2 Å². The van der Waals surface area contributed by atoms with Gasteiger partial charge in [-0.25, -0.2) is 9.97 Å². The molecule has 0 radical (unpaired) electrons. The number of rotatable bonds is 4. The van der Waals surface area contributed by atoms with Gasteiger partial charge in [0.25, 0.3) is 0 Å². The maximum atomic E-state index is 12.3. The third-order valence-corrected chi connectivity index (χ3v) is 4.46. The van der Waals surface area contributed by atoms with Gasteiger partial charge in [-0.3, -0.25) is 9.59 Å². The quantitative estimate of drug-likeness (QED) is 0.813. The van der Waals surface area contributed by atoms with Crippen LogP contribution in [0, 0.1) is 0 Å². The van der Waals surface area contributed by atoms with Crippen LogP contribution in [0.5, 0.6) is 0 Å². The highest BCUT2D eigenvalue weighted by molar-refractivity contribution is 6.35. The number of benzene rings is 1. The molecule has 0 aliphatic carbocycles. The molecule has 3 rings (SSSR count). The molecule has 8 heteroatoms. The Bertz CT molecular complexity index is 746. The van der Waals surface area contributed by atoms with Gasteiger partial charge in [0.1, 0.15) is 0 Å². The van der Waals surface area contributed by atoms with Gasteiger partial charge >= 0.3 is 11.8 Å². The summed E-state index contributed by atoms with van der Waals surface area (Å²) in [4.78, 5) is 36.3. The molecule has 1 aromatic carbocycles. The highest BCUT2D eigenvalue weighted by Gasteiger charge is 2.26. The molecule has 0 saturated carbocycles. The number of carbonyl (C=O) groups excluding carboxylic acids is 2. The zero-order valence-electron chi connectivity index (χ0n) is 14.3. The SMILES string of the molecule is O=C(NCCc1ccc(Cl)cc1)C(=O)N1CCN(c2ncccn2)CC1. The molecule has 0 atom stereocenters. The molecule has 1 aliphatic rings. The molecule has 1 aliphatic heterocycles. The van der Waals surface area contributed by atoms with E-state index in [1.165, 1.54) is 0 Å². The predicted molar refractivity (Wildman–Crippen MR) is 99.0 cm³/mol. The average molecular weight is 374 g/mol. The number of nitrogens with one attached hydrogen (secondary N) is 1. The molecular formula is C18H20ClN5O2. The molecule has 1 fully saturated rings. The fourth-order valence-electron chi connectivity index (χ4n) is 2.75. The van der Waals surface area contributed by atoms with Crippen LogP contribution in [0.3, 0.4) is 0 Å². The summed E-state index contributed by atoms with van der Waals surface area (Å²) >= 11 is 5.84. The Labute approximate surface area is 157 Å². The largest absolute Gasteiger partial charge is 0.347 e. The number of amides is 2. The second-order valence-corrected chi connectivity index (χ2v) is 6.40. The fraction of sp³-hybridized carbons (Fsp3) is 0.333. The van der Waals surface area contributed by atoms with Crippen LogP contribution in [0.2, 0.25) is 5.02 Å². The minimum atomic E-state index is -0.566. The first-order valence-corrected chi connectivity index (χ1v) is 8.85. The van der Waals surface area contributed by atoms with Crippen LogP contribution in [0.15, 0.2) is 42.7 Å². The van der Waals surface area contributed by atoms with Gasteiger partial charge in [-0.2, -0.15) is 0 Å². The standard InChI is InChI=1S/C18H20ClN5O2/c19-15-4-2-14(3-5-15)6-9-20-16(25)17(26)23-10-12-24(13-11-23)18-21-7-1-8-22-18/h1-5,7-8H,6,9-13H2,(H,20,25). The second-order valence-electron chi connectivity index (χ2n) is 5.96. The number of aromatic nitrogens is 2. The molecule has 1 N–H and O–H groups in total. The van der Waals surface area contributed by atoms with Crippen LogP contribution in [0.1, 0.15) is 5.56 Å². The molecule has 2 amide bonds. The summed E-state index contributed by atoms with van der Waals surface area (Å²) < 4.78 is 0. The van der Waals surface area contributed by atoms with Crippen molar-refractivity contribution in [3.05, 3.63) is 53.3 Å². The van der Waals surface area contributed by atoms with E-state index in [4.69, 9.17) is 11.6 Å². The van der Waals surface area contributed by atoms with Crippen LogP contribution in [-0.2, 0) is 16.0 Å². The number of carbonyl (C=O) groups is 2. The number of anilines is 1. The van der Waals surface area contributed by atoms with Crippen molar-refractivity contribution in [2.24, 2.45) is 0 Å². The Morgan fingerprint density at radius 2 is 1.69 bits per heavy atom. The minimum absolute atomic E-state index is 0.407. The molecule has 1 saturated heterocycles. The smallest absolute Gasteiger partial charge is 0.312 e. The average Bonchev–Trinajstić information content (AvgIpc) is 2.69. The molecule has 2 heterocycles. The zero-order chi connectivity index (χ0) is 18.4. The molecule has 26 heavy (non-hydrogen) atoms. The lowest BCUT2D eigenvalue weighted by molar-refractivity contribution is -0.146. The van der Waals surface area contributed by atoms with Crippen molar-refractivity contribution in [1.82, 2.24) is 20.2 Å². The lowest BCUT2D eigenvalue weighted by Crippen LogP contribution is -2.53. The van der Waals surface area contributed by atoms with Gasteiger partial charge in [0, 0.05) is 50.1 Å². The summed E-state index contributed by atoms with van der Waals surface area (Å²) in [6, 6.07) is 9.18. The van der Waals surface area contributed by atoms with Crippen molar-refractivity contribution in [2.45, 2.75) is 6.42 Å². The number of piperazine rings is 1. The summed E-state index contributed by atoms with van der Waals surface area (Å²) in [5.74, 6) is -0.412. The Morgan fingerprint density at radius 3 is 2.35 bits per heavy atom. The van der Waals surface area contributed by atoms with Crippen LogP contribution < -0.4 is 10.2 Å². The van der Waals surface area contributed by atoms with Crippen LogP contribution in [0.25, 0.3) is 0 Å². The molecule has 0 spiro atoms. The Morgan fingerprint density at radius 1 is 1.04 bits per heavy atom. The maximum absolute atomic E-state index is 12.3. The first-order chi connectivity index (χ1) is 12.6. The van der Waals surface area contributed by atoms with E-state index in [0.717, 1.165) is 5.56 Å². The van der Waals surface area contributed by atoms with E-state index in [-0.39, 0.29) is 0 Å². The van der Waals surface area contributed by atoms with E-state index in [1.807, 2.05) is 17.0 Å². The topological polar surface area (TPSA) is 78.4 Å². The van der Waals surface area contributed by atoms with Gasteiger partial charge in [0.05, 0.1) is 0 Å². The molecule has 0 bridgehead atoms. The van der Waals surface area contributed by atoms with Crippen molar-refractivity contribution >= 4 is 29.4 Å². The third kappa shape index (κ3) is 4.70. The molecule has 136 valence electrons. The van der Waals surface area contributed by atoms with E-state index in [9.17, 15) is 9.59 Å². The van der Waals surface area contributed by atoms with Gasteiger partial charge in [0.15, 0.2) is 0 Å². The van der Waals surface area contributed by atoms with Crippen molar-refractivity contribution in [1.29, 1.82) is 0 Å². The summed E-state index contributed by atoms with van der Waals surface area (Å²) in [5.41, 5.74) is 1.05. The van der Waals surface area contributed by atoms with Crippen LogP contribution in [-0.4, -0.2) is 59.4 Å². The van der Waals surface area contributed by atoms with E-state index >= 15 is 0 Å². The maximum Gasteiger partial charge on any atom is 0.312 e. The van der Waals surface area contributed by atoms with E-state index in [1.54, 1.807) is 35.5 Å². The van der Waals surface area contributed by atoms with Crippen molar-refractivity contribution in [3.8, 4) is 0 Å². The van der Waals surface area contributed by atoms with E-state index < -0.39 is 11.8 Å². The Balaban J connectivity index is 1.43. The van der Waals surface area contributed by atoms with E-state index in [0.29, 0.717) is 50.1 Å². The monoisotopic (exact) mass is 373 g/mol. The number of hydrogen-bond acceptors (Lipinski definition) is 5. The van der Waals surface area contributed by atoms with Gasteiger partial charge < -0.3 is 15.1 Å². The highest BCUT2D eigenvalue weighted by Crippen LogP contribution is 2.11. The van der Waals surface area contributed by atoms with Crippen molar-refractivity contribution < 1.29 is 9.59 Å². The van der Waals surface area contributed by atoms with Gasteiger partial charge in [0.2, 0.25) is 5.95 Å². The molecule has 7 nitrogen and oxygen atoms in total. The first kappa shape index (κ1) is 18.1.